The highest BCUT2D eigenvalue weighted by atomic mass is 16.7. The fraction of sp³-hybridized carbons (Fsp3) is 0.875. The first-order chi connectivity index (χ1) is 6.11. The number of hydrogen-bond donors (Lipinski definition) is 2. The zero-order valence-corrected chi connectivity index (χ0v) is 8.10. The molecule has 3 N–H and O–H groups in total. The fourth-order valence-electron chi connectivity index (χ4n) is 1.58. The van der Waals surface area contributed by atoms with E-state index in [-0.39, 0.29) is 30.1 Å². The maximum Gasteiger partial charge on any atom is 0.168 e. The Labute approximate surface area is 77.5 Å². The van der Waals surface area contributed by atoms with Crippen LogP contribution in [0.15, 0.2) is 5.16 Å². The SMILES string of the molecule is COC1OC(/C(N)=N/O)C(C)C1C. The number of amidine groups is 1. The molecular weight excluding hydrogens is 172 g/mol. The van der Waals surface area contributed by atoms with Crippen LogP contribution in [0.2, 0.25) is 0 Å². The number of ether oxygens (including phenoxy) is 2. The van der Waals surface area contributed by atoms with Gasteiger partial charge in [-0.3, -0.25) is 0 Å². The third-order valence-electron chi connectivity index (χ3n) is 2.66. The molecule has 0 aromatic heterocycles. The van der Waals surface area contributed by atoms with Crippen LogP contribution in [-0.2, 0) is 9.47 Å². The summed E-state index contributed by atoms with van der Waals surface area (Å²) in [6.45, 7) is 4.01. The Kier molecular flexibility index (Phi) is 3.11. The summed E-state index contributed by atoms with van der Waals surface area (Å²) in [5.41, 5.74) is 5.47. The van der Waals surface area contributed by atoms with Crippen molar-refractivity contribution in [3.63, 3.8) is 0 Å². The average Bonchev–Trinajstić information content (AvgIpc) is 2.43. The molecule has 1 heterocycles. The Morgan fingerprint density at radius 1 is 1.46 bits per heavy atom. The Balaban J connectivity index is 2.71. The van der Waals surface area contributed by atoms with Crippen molar-refractivity contribution in [2.75, 3.05) is 7.11 Å². The molecule has 0 aliphatic carbocycles. The van der Waals surface area contributed by atoms with E-state index in [1.165, 1.54) is 0 Å². The molecule has 0 saturated carbocycles. The Morgan fingerprint density at radius 2 is 2.08 bits per heavy atom. The van der Waals surface area contributed by atoms with Crippen molar-refractivity contribution in [1.29, 1.82) is 0 Å². The van der Waals surface area contributed by atoms with Crippen molar-refractivity contribution in [3.8, 4) is 0 Å². The molecule has 4 atom stereocenters. The van der Waals surface area contributed by atoms with E-state index < -0.39 is 0 Å². The van der Waals surface area contributed by atoms with Crippen LogP contribution >= 0.6 is 0 Å². The topological polar surface area (TPSA) is 77.1 Å². The van der Waals surface area contributed by atoms with Crippen LogP contribution in [-0.4, -0.2) is 30.5 Å². The maximum atomic E-state index is 8.50. The summed E-state index contributed by atoms with van der Waals surface area (Å²) in [6.07, 6.45) is -0.606. The van der Waals surface area contributed by atoms with Gasteiger partial charge < -0.3 is 20.4 Å². The van der Waals surface area contributed by atoms with Crippen molar-refractivity contribution in [1.82, 2.24) is 0 Å². The molecule has 0 aromatic carbocycles. The zero-order chi connectivity index (χ0) is 10.0. The second-order valence-electron chi connectivity index (χ2n) is 3.40. The Morgan fingerprint density at radius 3 is 2.46 bits per heavy atom. The molecule has 1 saturated heterocycles. The summed E-state index contributed by atoms with van der Waals surface area (Å²) in [5, 5.41) is 11.4. The minimum absolute atomic E-state index is 0.110. The maximum absolute atomic E-state index is 8.50. The summed E-state index contributed by atoms with van der Waals surface area (Å²) in [5.74, 6) is 0.551. The third-order valence-corrected chi connectivity index (χ3v) is 2.66. The predicted octanol–water partition coefficient (Wildman–Crippen LogP) is 0.376. The van der Waals surface area contributed by atoms with Crippen LogP contribution in [0.5, 0.6) is 0 Å². The van der Waals surface area contributed by atoms with E-state index in [1.54, 1.807) is 7.11 Å². The highest BCUT2D eigenvalue weighted by molar-refractivity contribution is 5.84. The first kappa shape index (κ1) is 10.3. The number of nitrogens with two attached hydrogens (primary N) is 1. The first-order valence-corrected chi connectivity index (χ1v) is 4.27. The van der Waals surface area contributed by atoms with Gasteiger partial charge in [0.05, 0.1) is 0 Å². The van der Waals surface area contributed by atoms with Gasteiger partial charge >= 0.3 is 0 Å². The van der Waals surface area contributed by atoms with Gasteiger partial charge in [0.25, 0.3) is 0 Å². The number of oxime groups is 1. The van der Waals surface area contributed by atoms with Gasteiger partial charge in [0.15, 0.2) is 12.1 Å². The van der Waals surface area contributed by atoms with Gasteiger partial charge in [0, 0.05) is 13.0 Å². The molecule has 0 aromatic rings. The van der Waals surface area contributed by atoms with Crippen LogP contribution in [0.4, 0.5) is 0 Å². The third kappa shape index (κ3) is 1.76. The normalized spacial score (nSPS) is 41.0. The van der Waals surface area contributed by atoms with Crippen LogP contribution in [0.25, 0.3) is 0 Å². The largest absolute Gasteiger partial charge is 0.409 e. The highest BCUT2D eigenvalue weighted by Crippen LogP contribution is 2.32. The smallest absolute Gasteiger partial charge is 0.168 e. The van der Waals surface area contributed by atoms with Crippen molar-refractivity contribution in [3.05, 3.63) is 0 Å². The molecular formula is C8H16N2O3. The van der Waals surface area contributed by atoms with E-state index >= 15 is 0 Å². The molecule has 1 fully saturated rings. The first-order valence-electron chi connectivity index (χ1n) is 4.27. The molecule has 1 aliphatic rings. The summed E-state index contributed by atoms with van der Waals surface area (Å²) in [6, 6.07) is 0. The lowest BCUT2D eigenvalue weighted by atomic mass is 9.93. The van der Waals surface area contributed by atoms with Crippen LogP contribution in [0, 0.1) is 11.8 Å². The minimum Gasteiger partial charge on any atom is -0.409 e. The molecule has 1 aliphatic heterocycles. The van der Waals surface area contributed by atoms with Crippen LogP contribution < -0.4 is 5.73 Å². The highest BCUT2D eigenvalue weighted by Gasteiger charge is 2.41. The lowest BCUT2D eigenvalue weighted by Crippen LogP contribution is -2.33. The van der Waals surface area contributed by atoms with Gasteiger partial charge in [-0.15, -0.1) is 0 Å². The second kappa shape index (κ2) is 3.93. The molecule has 76 valence electrons. The molecule has 0 amide bonds. The van der Waals surface area contributed by atoms with E-state index in [2.05, 4.69) is 5.16 Å². The Bertz CT molecular complexity index is 208. The average molecular weight is 188 g/mol. The summed E-state index contributed by atoms with van der Waals surface area (Å²) in [4.78, 5) is 0. The molecule has 0 spiro atoms. The van der Waals surface area contributed by atoms with E-state index in [1.807, 2.05) is 13.8 Å². The van der Waals surface area contributed by atoms with Crippen LogP contribution in [0.3, 0.4) is 0 Å². The van der Waals surface area contributed by atoms with Gasteiger partial charge in [-0.2, -0.15) is 0 Å². The molecule has 5 heteroatoms. The number of hydrogen-bond acceptors (Lipinski definition) is 4. The van der Waals surface area contributed by atoms with Gasteiger partial charge in [-0.1, -0.05) is 19.0 Å². The summed E-state index contributed by atoms with van der Waals surface area (Å²) in [7, 11) is 1.59. The molecule has 1 rings (SSSR count). The number of rotatable bonds is 2. The molecule has 0 radical (unpaired) electrons. The fourth-order valence-corrected chi connectivity index (χ4v) is 1.58. The number of nitrogens with zero attached hydrogens (tertiary/aromatic N) is 1. The number of methoxy groups -OCH3 is 1. The van der Waals surface area contributed by atoms with Gasteiger partial charge in [-0.05, 0) is 5.92 Å². The van der Waals surface area contributed by atoms with Gasteiger partial charge in [-0.25, -0.2) is 0 Å². The van der Waals surface area contributed by atoms with Crippen molar-refractivity contribution >= 4 is 5.84 Å². The van der Waals surface area contributed by atoms with Gasteiger partial charge in [0.1, 0.15) is 6.10 Å². The summed E-state index contributed by atoms with van der Waals surface area (Å²) >= 11 is 0. The van der Waals surface area contributed by atoms with E-state index in [0.717, 1.165) is 0 Å². The van der Waals surface area contributed by atoms with Crippen molar-refractivity contribution in [2.24, 2.45) is 22.7 Å². The summed E-state index contributed by atoms with van der Waals surface area (Å²) < 4.78 is 10.6. The van der Waals surface area contributed by atoms with Crippen molar-refractivity contribution in [2.45, 2.75) is 26.2 Å². The quantitative estimate of drug-likeness (QED) is 0.284. The molecule has 0 bridgehead atoms. The molecule has 13 heavy (non-hydrogen) atoms. The lowest BCUT2D eigenvalue weighted by molar-refractivity contribution is -0.117. The van der Waals surface area contributed by atoms with E-state index in [9.17, 15) is 0 Å². The molecule has 4 unspecified atom stereocenters. The van der Waals surface area contributed by atoms with Crippen LogP contribution in [0.1, 0.15) is 13.8 Å². The zero-order valence-electron chi connectivity index (χ0n) is 8.10. The van der Waals surface area contributed by atoms with E-state index in [4.69, 9.17) is 20.4 Å². The second-order valence-corrected chi connectivity index (χ2v) is 3.40. The molecule has 5 nitrogen and oxygen atoms in total. The van der Waals surface area contributed by atoms with E-state index in [0.29, 0.717) is 0 Å². The Hall–Kier alpha value is -0.810. The monoisotopic (exact) mass is 188 g/mol. The standard InChI is InChI=1S/C8H16N2O3/c1-4-5(2)8(12-3)13-6(4)7(9)10-11/h4-6,8,11H,1-3H3,(H2,9,10). The van der Waals surface area contributed by atoms with Gasteiger partial charge in [0.2, 0.25) is 0 Å². The predicted molar refractivity (Wildman–Crippen MR) is 47.4 cm³/mol. The van der Waals surface area contributed by atoms with Crippen molar-refractivity contribution < 1.29 is 14.7 Å². The lowest BCUT2D eigenvalue weighted by Gasteiger charge is -2.13. The minimum atomic E-state index is -0.343.